The summed E-state index contributed by atoms with van der Waals surface area (Å²) in [4.78, 5) is 24.0. The first-order chi connectivity index (χ1) is 6.16. The normalized spacial score (nSPS) is 18.2. The fraction of sp³-hybridized carbons (Fsp3) is 1.00. The lowest BCUT2D eigenvalue weighted by Gasteiger charge is -2.25. The average molecular weight is 212 g/mol. The molecule has 1 rings (SSSR count). The third kappa shape index (κ3) is 10.1. The van der Waals surface area contributed by atoms with Crippen LogP contribution in [0, 0.1) is 0 Å². The molecule has 0 spiro atoms. The van der Waals surface area contributed by atoms with Crippen molar-refractivity contribution >= 4 is 8.60 Å². The lowest BCUT2D eigenvalue weighted by atomic mass is 10.4. The largest absolute Gasteiger partial charge is 0.395 e. The van der Waals surface area contributed by atoms with Gasteiger partial charge < -0.3 is 25.1 Å². The molecule has 0 amide bonds. The molecule has 0 atom stereocenters. The predicted octanol–water partition coefficient (Wildman–Crippen LogP) is -1.93. The molecule has 1 aliphatic rings. The van der Waals surface area contributed by atoms with E-state index in [1.165, 1.54) is 0 Å². The Morgan fingerprint density at radius 3 is 2.00 bits per heavy atom. The first-order valence-corrected chi connectivity index (χ1v) is 5.27. The molecule has 1 fully saturated rings. The van der Waals surface area contributed by atoms with Crippen molar-refractivity contribution in [3.63, 3.8) is 0 Å². The van der Waals surface area contributed by atoms with Crippen molar-refractivity contribution in [2.24, 2.45) is 0 Å². The van der Waals surface area contributed by atoms with Gasteiger partial charge in [-0.1, -0.05) is 0 Å². The Balaban J connectivity index is 0.000000310. The predicted molar refractivity (Wildman–Crippen MR) is 50.0 cm³/mol. The van der Waals surface area contributed by atoms with Crippen molar-refractivity contribution in [1.82, 2.24) is 10.2 Å². The molecular weight excluding hydrogens is 195 g/mol. The van der Waals surface area contributed by atoms with Crippen LogP contribution in [-0.2, 0) is 0 Å². The number of rotatable bonds is 2. The van der Waals surface area contributed by atoms with Gasteiger partial charge >= 0.3 is 8.60 Å². The Kier molecular flexibility index (Phi) is 8.90. The molecule has 0 aromatic carbocycles. The van der Waals surface area contributed by atoms with Gasteiger partial charge in [-0.2, -0.15) is 0 Å². The molecule has 0 saturated carbocycles. The van der Waals surface area contributed by atoms with E-state index < -0.39 is 8.60 Å². The fourth-order valence-electron chi connectivity index (χ4n) is 1.08. The second kappa shape index (κ2) is 8.77. The minimum atomic E-state index is -2.62. The number of β-amino-alcohol motifs (C(OH)–C–C–N with tert-alkyl or cyclic N) is 1. The molecule has 0 aliphatic carbocycles. The Hall–Kier alpha value is 0.190. The molecule has 6 nitrogen and oxygen atoms in total. The SMILES string of the molecule is OCCN1CCNCC1.OP(O)O. The van der Waals surface area contributed by atoms with Gasteiger partial charge in [0.05, 0.1) is 6.61 Å². The summed E-state index contributed by atoms with van der Waals surface area (Å²) >= 11 is 0. The van der Waals surface area contributed by atoms with E-state index in [-0.39, 0.29) is 0 Å². The van der Waals surface area contributed by atoms with Crippen LogP contribution < -0.4 is 5.32 Å². The van der Waals surface area contributed by atoms with Crippen molar-refractivity contribution in [1.29, 1.82) is 0 Å². The van der Waals surface area contributed by atoms with E-state index in [1.54, 1.807) is 0 Å². The van der Waals surface area contributed by atoms with Gasteiger partial charge in [-0.3, -0.25) is 4.90 Å². The van der Waals surface area contributed by atoms with E-state index in [9.17, 15) is 0 Å². The smallest absolute Gasteiger partial charge is 0.324 e. The molecule has 1 heterocycles. The number of nitrogens with zero attached hydrogens (tertiary/aromatic N) is 1. The minimum absolute atomic E-state index is 0.292. The van der Waals surface area contributed by atoms with Gasteiger partial charge in [-0.25, -0.2) is 0 Å². The first-order valence-electron chi connectivity index (χ1n) is 4.07. The second-order valence-corrected chi connectivity index (χ2v) is 3.12. The highest BCUT2D eigenvalue weighted by molar-refractivity contribution is 7.38. The molecule has 0 bridgehead atoms. The van der Waals surface area contributed by atoms with Crippen molar-refractivity contribution in [3.05, 3.63) is 0 Å². The van der Waals surface area contributed by atoms with E-state index in [2.05, 4.69) is 10.2 Å². The summed E-state index contributed by atoms with van der Waals surface area (Å²) < 4.78 is 0. The molecule has 0 unspecified atom stereocenters. The molecule has 0 aromatic heterocycles. The van der Waals surface area contributed by atoms with Crippen LogP contribution in [0.4, 0.5) is 0 Å². The van der Waals surface area contributed by atoms with E-state index in [0.29, 0.717) is 6.61 Å². The highest BCUT2D eigenvalue weighted by Crippen LogP contribution is 2.11. The number of aliphatic hydroxyl groups excluding tert-OH is 1. The van der Waals surface area contributed by atoms with Crippen LogP contribution in [0.2, 0.25) is 0 Å². The van der Waals surface area contributed by atoms with Crippen molar-refractivity contribution in [2.45, 2.75) is 0 Å². The zero-order chi connectivity index (χ0) is 10.1. The fourth-order valence-corrected chi connectivity index (χ4v) is 1.08. The number of nitrogens with one attached hydrogen (secondary N) is 1. The maximum atomic E-state index is 8.56. The van der Waals surface area contributed by atoms with Crippen LogP contribution in [0.3, 0.4) is 0 Å². The summed E-state index contributed by atoms with van der Waals surface area (Å²) in [5.41, 5.74) is 0. The zero-order valence-corrected chi connectivity index (χ0v) is 8.32. The Morgan fingerprint density at radius 1 is 1.15 bits per heavy atom. The van der Waals surface area contributed by atoms with Gasteiger partial charge in [-0.05, 0) is 0 Å². The van der Waals surface area contributed by atoms with Crippen LogP contribution in [0.1, 0.15) is 0 Å². The van der Waals surface area contributed by atoms with Gasteiger partial charge in [-0.15, -0.1) is 0 Å². The molecular formula is C6H17N2O4P. The van der Waals surface area contributed by atoms with Crippen LogP contribution in [-0.4, -0.2) is 64.0 Å². The Morgan fingerprint density at radius 2 is 1.62 bits per heavy atom. The molecule has 80 valence electrons. The number of hydrogen-bond donors (Lipinski definition) is 5. The monoisotopic (exact) mass is 212 g/mol. The molecule has 1 aliphatic heterocycles. The van der Waals surface area contributed by atoms with Crippen molar-refractivity contribution in [2.75, 3.05) is 39.3 Å². The van der Waals surface area contributed by atoms with E-state index >= 15 is 0 Å². The zero-order valence-electron chi connectivity index (χ0n) is 7.43. The molecule has 1 saturated heterocycles. The minimum Gasteiger partial charge on any atom is -0.395 e. The Labute approximate surface area is 78.8 Å². The van der Waals surface area contributed by atoms with Gasteiger partial charge in [0, 0.05) is 32.7 Å². The molecule has 13 heavy (non-hydrogen) atoms. The standard InChI is InChI=1S/C6H14N2O.H3O3P/c9-6-5-8-3-1-7-2-4-8;1-4(2)3/h7,9H,1-6H2;1-3H. The maximum Gasteiger partial charge on any atom is 0.324 e. The summed E-state index contributed by atoms with van der Waals surface area (Å²) in [7, 11) is -2.62. The van der Waals surface area contributed by atoms with Crippen LogP contribution >= 0.6 is 8.60 Å². The topological polar surface area (TPSA) is 96.2 Å². The van der Waals surface area contributed by atoms with Gasteiger partial charge in [0.25, 0.3) is 0 Å². The molecule has 0 aromatic rings. The second-order valence-electron chi connectivity index (χ2n) is 2.58. The number of aliphatic hydroxyl groups is 1. The van der Waals surface area contributed by atoms with Gasteiger partial charge in [0.2, 0.25) is 0 Å². The average Bonchev–Trinajstić information content (AvgIpc) is 2.06. The third-order valence-corrected chi connectivity index (χ3v) is 1.63. The number of piperazine rings is 1. The summed E-state index contributed by atoms with van der Waals surface area (Å²) in [6.45, 7) is 5.43. The Bertz CT molecular complexity index is 105. The summed E-state index contributed by atoms with van der Waals surface area (Å²) in [5, 5.41) is 11.8. The van der Waals surface area contributed by atoms with Crippen molar-refractivity contribution in [3.8, 4) is 0 Å². The van der Waals surface area contributed by atoms with Gasteiger partial charge in [0.1, 0.15) is 0 Å². The first kappa shape index (κ1) is 13.2. The highest BCUT2D eigenvalue weighted by atomic mass is 31.2. The number of hydrogen-bond acceptors (Lipinski definition) is 6. The molecule has 5 N–H and O–H groups in total. The van der Waals surface area contributed by atoms with E-state index in [1.807, 2.05) is 0 Å². The summed E-state index contributed by atoms with van der Waals surface area (Å²) in [5.74, 6) is 0. The third-order valence-electron chi connectivity index (χ3n) is 1.63. The molecule has 7 heteroatoms. The quantitative estimate of drug-likeness (QED) is 0.342. The summed E-state index contributed by atoms with van der Waals surface area (Å²) in [6, 6.07) is 0. The van der Waals surface area contributed by atoms with Gasteiger partial charge in [0.15, 0.2) is 0 Å². The summed E-state index contributed by atoms with van der Waals surface area (Å²) in [6.07, 6.45) is 0. The van der Waals surface area contributed by atoms with Crippen LogP contribution in [0.25, 0.3) is 0 Å². The van der Waals surface area contributed by atoms with Crippen LogP contribution in [0.5, 0.6) is 0 Å². The van der Waals surface area contributed by atoms with Crippen molar-refractivity contribution < 1.29 is 19.8 Å². The molecule has 0 radical (unpaired) electrons. The lowest BCUT2D eigenvalue weighted by molar-refractivity contribution is 0.180. The lowest BCUT2D eigenvalue weighted by Crippen LogP contribution is -2.44. The van der Waals surface area contributed by atoms with E-state index in [4.69, 9.17) is 19.8 Å². The highest BCUT2D eigenvalue weighted by Gasteiger charge is 2.06. The van der Waals surface area contributed by atoms with E-state index in [0.717, 1.165) is 32.7 Å². The maximum absolute atomic E-state index is 8.56. The van der Waals surface area contributed by atoms with Crippen LogP contribution in [0.15, 0.2) is 0 Å².